The van der Waals surface area contributed by atoms with E-state index in [1.807, 2.05) is 0 Å². The maximum Gasteiger partial charge on any atom is 0.244 e. The van der Waals surface area contributed by atoms with E-state index in [1.54, 1.807) is 11.3 Å². The first-order valence-corrected chi connectivity index (χ1v) is 7.56. The summed E-state index contributed by atoms with van der Waals surface area (Å²) in [7, 11) is 0. The van der Waals surface area contributed by atoms with Crippen LogP contribution >= 0.6 is 11.3 Å². The van der Waals surface area contributed by atoms with Crippen LogP contribution in [0.25, 0.3) is 0 Å². The summed E-state index contributed by atoms with van der Waals surface area (Å²) in [5.74, 6) is 0.313. The molecule has 1 saturated heterocycles. The predicted molar refractivity (Wildman–Crippen MR) is 73.5 cm³/mol. The van der Waals surface area contributed by atoms with E-state index < -0.39 is 0 Å². The van der Waals surface area contributed by atoms with Crippen molar-refractivity contribution in [3.63, 3.8) is 0 Å². The van der Waals surface area contributed by atoms with Crippen LogP contribution in [-0.2, 0) is 4.79 Å². The smallest absolute Gasteiger partial charge is 0.244 e. The van der Waals surface area contributed by atoms with Gasteiger partial charge < -0.3 is 4.90 Å². The topological polar surface area (TPSA) is 32.3 Å². The fourth-order valence-corrected chi connectivity index (χ4v) is 3.63. The Morgan fingerprint density at radius 1 is 1.56 bits per heavy atom. The summed E-state index contributed by atoms with van der Waals surface area (Å²) in [4.78, 5) is 17.2. The van der Waals surface area contributed by atoms with Gasteiger partial charge in [0.25, 0.3) is 0 Å². The van der Waals surface area contributed by atoms with Crippen molar-refractivity contribution in [3.05, 3.63) is 21.9 Å². The molecule has 2 unspecified atom stereocenters. The van der Waals surface area contributed by atoms with E-state index >= 15 is 0 Å². The third kappa shape index (κ3) is 1.70. The lowest BCUT2D eigenvalue weighted by Gasteiger charge is -2.29. The fraction of sp³-hybridized carbons (Fsp3) is 0.643. The second-order valence-corrected chi connectivity index (χ2v) is 6.87. The Morgan fingerprint density at radius 2 is 2.28 bits per heavy atom. The van der Waals surface area contributed by atoms with Gasteiger partial charge in [-0.2, -0.15) is 0 Å². The molecule has 0 bridgehead atoms. The number of hydrogen-bond donors (Lipinski definition) is 1. The summed E-state index contributed by atoms with van der Waals surface area (Å²) >= 11 is 1.79. The van der Waals surface area contributed by atoms with Crippen LogP contribution in [0.15, 0.2) is 12.1 Å². The Morgan fingerprint density at radius 3 is 2.78 bits per heavy atom. The highest BCUT2D eigenvalue weighted by Crippen LogP contribution is 2.47. The monoisotopic (exact) mass is 264 g/mol. The largest absolute Gasteiger partial charge is 0.318 e. The summed E-state index contributed by atoms with van der Waals surface area (Å²) in [5, 5.41) is 3.57. The zero-order valence-corrected chi connectivity index (χ0v) is 12.0. The highest BCUT2D eigenvalue weighted by atomic mass is 32.1. The lowest BCUT2D eigenvalue weighted by Crippen LogP contribution is -2.38. The second kappa shape index (κ2) is 4.07. The van der Waals surface area contributed by atoms with Crippen LogP contribution in [0.2, 0.25) is 0 Å². The van der Waals surface area contributed by atoms with Crippen LogP contribution in [0.5, 0.6) is 0 Å². The Bertz CT molecular complexity index is 478. The van der Waals surface area contributed by atoms with E-state index in [4.69, 9.17) is 0 Å². The van der Waals surface area contributed by atoms with Gasteiger partial charge in [-0.1, -0.05) is 6.92 Å². The molecule has 2 fully saturated rings. The van der Waals surface area contributed by atoms with Crippen molar-refractivity contribution in [1.29, 1.82) is 0 Å². The molecule has 2 heterocycles. The number of amides is 1. The first-order valence-electron chi connectivity index (χ1n) is 6.74. The molecule has 3 nitrogen and oxygen atoms in total. The highest BCUT2D eigenvalue weighted by molar-refractivity contribution is 7.12. The highest BCUT2D eigenvalue weighted by Gasteiger charge is 2.60. The second-order valence-electron chi connectivity index (χ2n) is 5.55. The zero-order valence-electron chi connectivity index (χ0n) is 11.2. The van der Waals surface area contributed by atoms with Gasteiger partial charge in [0.05, 0.1) is 0 Å². The van der Waals surface area contributed by atoms with Gasteiger partial charge in [0.2, 0.25) is 5.91 Å². The maximum atomic E-state index is 12.5. The molecule has 1 N–H and O–H groups in total. The zero-order chi connectivity index (χ0) is 12.9. The van der Waals surface area contributed by atoms with E-state index in [2.05, 4.69) is 43.1 Å². The van der Waals surface area contributed by atoms with Gasteiger partial charge in [-0.25, -0.2) is 0 Å². The lowest BCUT2D eigenvalue weighted by atomic mass is 10.2. The summed E-state index contributed by atoms with van der Waals surface area (Å²) in [6, 6.07) is 4.60. The van der Waals surface area contributed by atoms with Gasteiger partial charge in [-0.15, -0.1) is 11.3 Å². The first-order chi connectivity index (χ1) is 8.57. The number of nitrogens with one attached hydrogen (secondary N) is 1. The Labute approximate surface area is 112 Å². The van der Waals surface area contributed by atoms with Crippen LogP contribution in [0.4, 0.5) is 0 Å². The molecule has 1 saturated carbocycles. The number of carbonyl (C=O) groups excluding carboxylic acids is 1. The molecule has 1 aliphatic heterocycles. The molecule has 1 spiro atoms. The molecule has 0 radical (unpaired) electrons. The molecule has 2 aliphatic rings. The van der Waals surface area contributed by atoms with Crippen molar-refractivity contribution in [2.45, 2.75) is 57.8 Å². The third-order valence-electron chi connectivity index (χ3n) is 4.18. The molecular formula is C14H20N2OS. The van der Waals surface area contributed by atoms with Gasteiger partial charge in [-0.3, -0.25) is 10.1 Å². The van der Waals surface area contributed by atoms with Gasteiger partial charge in [0.15, 0.2) is 0 Å². The first kappa shape index (κ1) is 12.2. The van der Waals surface area contributed by atoms with Crippen molar-refractivity contribution < 1.29 is 4.79 Å². The molecule has 0 aromatic carbocycles. The van der Waals surface area contributed by atoms with Crippen LogP contribution in [0.1, 0.15) is 49.0 Å². The molecule has 2 atom stereocenters. The molecular weight excluding hydrogens is 244 g/mol. The summed E-state index contributed by atoms with van der Waals surface area (Å²) in [6.07, 6.45) is 3.09. The van der Waals surface area contributed by atoms with E-state index in [1.165, 1.54) is 9.75 Å². The van der Waals surface area contributed by atoms with E-state index in [0.29, 0.717) is 11.9 Å². The van der Waals surface area contributed by atoms with Crippen LogP contribution in [0, 0.1) is 6.92 Å². The third-order valence-corrected chi connectivity index (χ3v) is 5.23. The Kier molecular flexibility index (Phi) is 2.75. The van der Waals surface area contributed by atoms with Crippen LogP contribution in [0.3, 0.4) is 0 Å². The number of aryl methyl sites for hydroxylation is 1. The minimum absolute atomic E-state index is 0.0913. The average molecular weight is 264 g/mol. The van der Waals surface area contributed by atoms with E-state index in [-0.39, 0.29) is 11.7 Å². The number of carbonyl (C=O) groups is 1. The minimum atomic E-state index is -0.216. The minimum Gasteiger partial charge on any atom is -0.318 e. The van der Waals surface area contributed by atoms with E-state index in [9.17, 15) is 4.79 Å². The number of thiophene rings is 1. The van der Waals surface area contributed by atoms with Gasteiger partial charge >= 0.3 is 0 Å². The van der Waals surface area contributed by atoms with Crippen molar-refractivity contribution >= 4 is 17.2 Å². The van der Waals surface area contributed by atoms with Gasteiger partial charge in [0.1, 0.15) is 11.7 Å². The van der Waals surface area contributed by atoms with Crippen molar-refractivity contribution in [2.75, 3.05) is 0 Å². The molecule has 1 aromatic heterocycles. The molecule has 3 rings (SSSR count). The van der Waals surface area contributed by atoms with Crippen LogP contribution in [-0.4, -0.2) is 22.4 Å². The summed E-state index contributed by atoms with van der Waals surface area (Å²) < 4.78 is 0. The van der Waals surface area contributed by atoms with Crippen molar-refractivity contribution in [3.8, 4) is 0 Å². The van der Waals surface area contributed by atoms with E-state index in [0.717, 1.165) is 19.3 Å². The average Bonchev–Trinajstić information content (AvgIpc) is 2.92. The normalized spacial score (nSPS) is 26.9. The van der Waals surface area contributed by atoms with Crippen molar-refractivity contribution in [2.24, 2.45) is 0 Å². The molecule has 18 heavy (non-hydrogen) atoms. The number of nitrogens with zero attached hydrogens (tertiary/aromatic N) is 1. The molecule has 1 aromatic rings. The maximum absolute atomic E-state index is 12.5. The molecule has 1 aliphatic carbocycles. The standard InChI is InChI=1S/C14H20N2OS/c1-4-9(2)16-12(11-6-5-10(3)18-11)15-14(7-8-14)13(16)17/h5-6,9,12,15H,4,7-8H2,1-3H3. The predicted octanol–water partition coefficient (Wildman–Crippen LogP) is 2.82. The molecule has 1 amide bonds. The van der Waals surface area contributed by atoms with Gasteiger partial charge in [-0.05, 0) is 45.2 Å². The Balaban J connectivity index is 1.94. The molecule has 98 valence electrons. The summed E-state index contributed by atoms with van der Waals surface area (Å²) in [6.45, 7) is 6.41. The number of hydrogen-bond acceptors (Lipinski definition) is 3. The molecule has 4 heteroatoms. The quantitative estimate of drug-likeness (QED) is 0.910. The summed E-state index contributed by atoms with van der Waals surface area (Å²) in [5.41, 5.74) is -0.216. The number of rotatable bonds is 3. The SMILES string of the molecule is CCC(C)N1C(=O)C2(CC2)NC1c1ccc(C)s1. The lowest BCUT2D eigenvalue weighted by molar-refractivity contribution is -0.132. The van der Waals surface area contributed by atoms with Gasteiger partial charge in [0, 0.05) is 15.8 Å². The van der Waals surface area contributed by atoms with Crippen LogP contribution < -0.4 is 5.32 Å². The van der Waals surface area contributed by atoms with Crippen molar-refractivity contribution in [1.82, 2.24) is 10.2 Å². The fourth-order valence-electron chi connectivity index (χ4n) is 2.70. The Hall–Kier alpha value is -0.870.